The van der Waals surface area contributed by atoms with Gasteiger partial charge in [0.1, 0.15) is 5.54 Å². The minimum absolute atomic E-state index is 0. The fraction of sp³-hybridized carbons (Fsp3) is 0.364. The zero-order valence-electron chi connectivity index (χ0n) is 8.90. The van der Waals surface area contributed by atoms with Crippen molar-refractivity contribution in [2.45, 2.75) is 19.4 Å². The predicted octanol–water partition coefficient (Wildman–Crippen LogP) is 1.85. The van der Waals surface area contributed by atoms with Crippen LogP contribution in [0.25, 0.3) is 0 Å². The van der Waals surface area contributed by atoms with Crippen molar-refractivity contribution in [1.29, 1.82) is 0 Å². The van der Waals surface area contributed by atoms with E-state index in [1.54, 1.807) is 13.8 Å². The molecule has 1 aromatic carbocycles. The number of rotatable bonds is 3. The number of halogens is 1. The van der Waals surface area contributed by atoms with E-state index in [-0.39, 0.29) is 12.4 Å². The van der Waals surface area contributed by atoms with Crippen molar-refractivity contribution in [3.63, 3.8) is 0 Å². The molecule has 84 valence electrons. The maximum absolute atomic E-state index is 11.5. The van der Waals surface area contributed by atoms with Crippen molar-refractivity contribution in [2.24, 2.45) is 5.73 Å². The molecule has 1 rings (SSSR count). The van der Waals surface area contributed by atoms with Crippen LogP contribution in [0.2, 0.25) is 0 Å². The Morgan fingerprint density at radius 1 is 1.40 bits per heavy atom. The number of hydrogen-bond acceptors (Lipinski definition) is 3. The van der Waals surface area contributed by atoms with Gasteiger partial charge in [0.15, 0.2) is 0 Å². The van der Waals surface area contributed by atoms with Gasteiger partial charge in [-0.15, -0.1) is 12.4 Å². The number of esters is 1. The molecule has 0 fully saturated rings. The van der Waals surface area contributed by atoms with Crippen LogP contribution in [0.5, 0.6) is 0 Å². The van der Waals surface area contributed by atoms with Gasteiger partial charge in [-0.05, 0) is 19.4 Å². The van der Waals surface area contributed by atoms with Crippen molar-refractivity contribution in [3.8, 4) is 0 Å². The van der Waals surface area contributed by atoms with Crippen molar-refractivity contribution in [1.82, 2.24) is 0 Å². The molecule has 0 bridgehead atoms. The van der Waals surface area contributed by atoms with Crippen molar-refractivity contribution < 1.29 is 9.53 Å². The molecule has 1 aromatic rings. The quantitative estimate of drug-likeness (QED) is 0.805. The Kier molecular flexibility index (Phi) is 5.33. The summed E-state index contributed by atoms with van der Waals surface area (Å²) in [5.41, 5.74) is 5.60. The maximum atomic E-state index is 11.5. The van der Waals surface area contributed by atoms with E-state index in [1.807, 2.05) is 30.3 Å². The van der Waals surface area contributed by atoms with Gasteiger partial charge in [0.25, 0.3) is 0 Å². The van der Waals surface area contributed by atoms with Gasteiger partial charge in [0.2, 0.25) is 0 Å². The van der Waals surface area contributed by atoms with Gasteiger partial charge in [0, 0.05) is 0 Å². The standard InChI is InChI=1S/C11H15NO2.ClH/c1-3-14-10(13)11(2,12)9-7-5-4-6-8-9;/h4-8H,3,12H2,1-2H3;1H. The van der Waals surface area contributed by atoms with E-state index in [0.717, 1.165) is 5.56 Å². The van der Waals surface area contributed by atoms with Crippen LogP contribution in [0.3, 0.4) is 0 Å². The van der Waals surface area contributed by atoms with Crippen LogP contribution >= 0.6 is 12.4 Å². The van der Waals surface area contributed by atoms with Crippen LogP contribution in [0.15, 0.2) is 30.3 Å². The summed E-state index contributed by atoms with van der Waals surface area (Å²) in [6, 6.07) is 9.21. The SMILES string of the molecule is CCOC(=O)C(C)(N)c1ccccc1.Cl. The largest absolute Gasteiger partial charge is 0.464 e. The van der Waals surface area contributed by atoms with E-state index < -0.39 is 11.5 Å². The van der Waals surface area contributed by atoms with Crippen LogP contribution in [0.4, 0.5) is 0 Å². The van der Waals surface area contributed by atoms with Crippen LogP contribution in [-0.4, -0.2) is 12.6 Å². The number of benzene rings is 1. The normalized spacial score (nSPS) is 13.5. The lowest BCUT2D eigenvalue weighted by molar-refractivity contribution is -0.149. The third-order valence-electron chi connectivity index (χ3n) is 2.07. The predicted molar refractivity (Wildman–Crippen MR) is 61.9 cm³/mol. The van der Waals surface area contributed by atoms with E-state index in [1.165, 1.54) is 0 Å². The molecular weight excluding hydrogens is 214 g/mol. The van der Waals surface area contributed by atoms with E-state index in [0.29, 0.717) is 6.61 Å². The molecule has 4 heteroatoms. The highest BCUT2D eigenvalue weighted by atomic mass is 35.5. The molecule has 0 saturated carbocycles. The Balaban J connectivity index is 0.00000196. The molecule has 2 N–H and O–H groups in total. The van der Waals surface area contributed by atoms with Crippen LogP contribution in [-0.2, 0) is 15.1 Å². The van der Waals surface area contributed by atoms with Gasteiger partial charge >= 0.3 is 5.97 Å². The minimum Gasteiger partial charge on any atom is -0.464 e. The number of nitrogens with two attached hydrogens (primary N) is 1. The second-order valence-electron chi connectivity index (χ2n) is 3.29. The molecule has 3 nitrogen and oxygen atoms in total. The van der Waals surface area contributed by atoms with Crippen molar-refractivity contribution >= 4 is 18.4 Å². The zero-order chi connectivity index (χ0) is 10.6. The molecule has 0 aliphatic carbocycles. The molecular formula is C11H16ClNO2. The van der Waals surface area contributed by atoms with Gasteiger partial charge in [-0.25, -0.2) is 4.79 Å². The van der Waals surface area contributed by atoms with Gasteiger partial charge in [-0.3, -0.25) is 0 Å². The lowest BCUT2D eigenvalue weighted by atomic mass is 9.93. The fourth-order valence-electron chi connectivity index (χ4n) is 1.18. The molecule has 0 aliphatic heterocycles. The lowest BCUT2D eigenvalue weighted by Gasteiger charge is -2.22. The number of ether oxygens (including phenoxy) is 1. The van der Waals surface area contributed by atoms with Gasteiger partial charge in [-0.1, -0.05) is 30.3 Å². The molecule has 0 radical (unpaired) electrons. The summed E-state index contributed by atoms with van der Waals surface area (Å²) in [4.78, 5) is 11.5. The second kappa shape index (κ2) is 5.73. The smallest absolute Gasteiger partial charge is 0.330 e. The highest BCUT2D eigenvalue weighted by Crippen LogP contribution is 2.18. The summed E-state index contributed by atoms with van der Waals surface area (Å²) < 4.78 is 4.90. The summed E-state index contributed by atoms with van der Waals surface area (Å²) in [7, 11) is 0. The maximum Gasteiger partial charge on any atom is 0.330 e. The Labute approximate surface area is 96.0 Å². The van der Waals surface area contributed by atoms with Crippen LogP contribution in [0.1, 0.15) is 19.4 Å². The summed E-state index contributed by atoms with van der Waals surface area (Å²) >= 11 is 0. The molecule has 1 atom stereocenters. The monoisotopic (exact) mass is 229 g/mol. The van der Waals surface area contributed by atoms with Crippen molar-refractivity contribution in [2.75, 3.05) is 6.61 Å². The number of carbonyl (C=O) groups is 1. The first-order chi connectivity index (χ1) is 6.59. The number of carbonyl (C=O) groups excluding carboxylic acids is 1. The molecule has 0 heterocycles. The van der Waals surface area contributed by atoms with Crippen LogP contribution < -0.4 is 5.73 Å². The minimum atomic E-state index is -1.06. The summed E-state index contributed by atoms with van der Waals surface area (Å²) in [5, 5.41) is 0. The fourth-order valence-corrected chi connectivity index (χ4v) is 1.18. The third kappa shape index (κ3) is 3.22. The first-order valence-corrected chi connectivity index (χ1v) is 4.60. The topological polar surface area (TPSA) is 52.3 Å². The van der Waals surface area contributed by atoms with Crippen molar-refractivity contribution in [3.05, 3.63) is 35.9 Å². The Morgan fingerprint density at radius 3 is 2.40 bits per heavy atom. The van der Waals surface area contributed by atoms with E-state index in [9.17, 15) is 4.79 Å². The zero-order valence-corrected chi connectivity index (χ0v) is 9.71. The third-order valence-corrected chi connectivity index (χ3v) is 2.07. The first kappa shape index (κ1) is 13.9. The molecule has 0 saturated heterocycles. The Hall–Kier alpha value is -1.06. The van der Waals surface area contributed by atoms with Gasteiger partial charge in [0.05, 0.1) is 6.61 Å². The van der Waals surface area contributed by atoms with E-state index in [4.69, 9.17) is 10.5 Å². The summed E-state index contributed by atoms with van der Waals surface area (Å²) in [5.74, 6) is -0.397. The Bertz CT molecular complexity index is 312. The number of hydrogen-bond donors (Lipinski definition) is 1. The van der Waals surface area contributed by atoms with Gasteiger partial charge in [-0.2, -0.15) is 0 Å². The second-order valence-corrected chi connectivity index (χ2v) is 3.29. The molecule has 0 aromatic heterocycles. The van der Waals surface area contributed by atoms with E-state index >= 15 is 0 Å². The molecule has 15 heavy (non-hydrogen) atoms. The molecule has 1 unspecified atom stereocenters. The van der Waals surface area contributed by atoms with Crippen LogP contribution in [0, 0.1) is 0 Å². The summed E-state index contributed by atoms with van der Waals surface area (Å²) in [6.07, 6.45) is 0. The van der Waals surface area contributed by atoms with E-state index in [2.05, 4.69) is 0 Å². The average molecular weight is 230 g/mol. The highest BCUT2D eigenvalue weighted by Gasteiger charge is 2.31. The molecule has 0 spiro atoms. The molecule has 0 amide bonds. The summed E-state index contributed by atoms with van der Waals surface area (Å²) in [6.45, 7) is 3.76. The average Bonchev–Trinajstić information content (AvgIpc) is 2.19. The molecule has 0 aliphatic rings. The lowest BCUT2D eigenvalue weighted by Crippen LogP contribution is -2.43. The Morgan fingerprint density at radius 2 is 1.93 bits per heavy atom. The highest BCUT2D eigenvalue weighted by molar-refractivity contribution is 5.85. The van der Waals surface area contributed by atoms with Gasteiger partial charge < -0.3 is 10.5 Å². The first-order valence-electron chi connectivity index (χ1n) is 4.60.